The van der Waals surface area contributed by atoms with Crippen molar-refractivity contribution >= 4 is 28.8 Å². The first-order chi connectivity index (χ1) is 14.6. The van der Waals surface area contributed by atoms with Gasteiger partial charge < -0.3 is 9.73 Å². The van der Waals surface area contributed by atoms with Crippen LogP contribution in [0.3, 0.4) is 0 Å². The molecule has 1 atom stereocenters. The van der Waals surface area contributed by atoms with Gasteiger partial charge in [-0.05, 0) is 65.9 Å². The quantitative estimate of drug-likeness (QED) is 0.371. The molecular formula is C26H24N2O2. The number of benzene rings is 3. The highest BCUT2D eigenvalue weighted by Crippen LogP contribution is 2.28. The zero-order chi connectivity index (χ0) is 20.9. The van der Waals surface area contributed by atoms with Crippen molar-refractivity contribution in [3.63, 3.8) is 0 Å². The number of hydrogen-bond donors (Lipinski definition) is 1. The number of aromatic nitrogens is 1. The Balaban J connectivity index is 1.46. The van der Waals surface area contributed by atoms with Crippen LogP contribution in [-0.4, -0.2) is 10.9 Å². The van der Waals surface area contributed by atoms with Gasteiger partial charge in [0.15, 0.2) is 5.58 Å². The molecule has 4 heteroatoms. The Morgan fingerprint density at radius 1 is 1.07 bits per heavy atom. The normalized spacial score (nSPS) is 12.3. The van der Waals surface area contributed by atoms with Gasteiger partial charge in [0.05, 0.1) is 0 Å². The van der Waals surface area contributed by atoms with Gasteiger partial charge in [-0.2, -0.15) is 0 Å². The maximum Gasteiger partial charge on any atom is 0.248 e. The molecule has 1 heterocycles. The van der Waals surface area contributed by atoms with E-state index in [-0.39, 0.29) is 5.91 Å². The maximum atomic E-state index is 12.1. The summed E-state index contributed by atoms with van der Waals surface area (Å²) < 4.78 is 5.92. The minimum atomic E-state index is -0.175. The molecule has 0 radical (unpaired) electrons. The van der Waals surface area contributed by atoms with Crippen LogP contribution in [0.2, 0.25) is 0 Å². The summed E-state index contributed by atoms with van der Waals surface area (Å²) in [5, 5.41) is 2.87. The summed E-state index contributed by atoms with van der Waals surface area (Å²) in [6.07, 6.45) is 4.40. The van der Waals surface area contributed by atoms with Gasteiger partial charge in [0.25, 0.3) is 0 Å². The lowest BCUT2D eigenvalue weighted by molar-refractivity contribution is -0.111. The first-order valence-electron chi connectivity index (χ1n) is 10.2. The third-order valence-corrected chi connectivity index (χ3v) is 5.22. The van der Waals surface area contributed by atoms with Crippen LogP contribution in [0.15, 0.2) is 83.3 Å². The Morgan fingerprint density at radius 2 is 1.83 bits per heavy atom. The molecule has 4 nitrogen and oxygen atoms in total. The van der Waals surface area contributed by atoms with Crippen molar-refractivity contribution in [1.29, 1.82) is 0 Å². The Bertz CT molecular complexity index is 1170. The molecule has 0 fully saturated rings. The van der Waals surface area contributed by atoms with Crippen LogP contribution >= 0.6 is 0 Å². The molecule has 0 unspecified atom stereocenters. The molecule has 0 aliphatic carbocycles. The van der Waals surface area contributed by atoms with E-state index in [4.69, 9.17) is 4.42 Å². The van der Waals surface area contributed by atoms with Crippen molar-refractivity contribution in [2.24, 2.45) is 0 Å². The highest BCUT2D eigenvalue weighted by atomic mass is 16.3. The number of carbonyl (C=O) groups excluding carboxylic acids is 1. The zero-order valence-electron chi connectivity index (χ0n) is 17.1. The number of amides is 1. The minimum absolute atomic E-state index is 0.175. The van der Waals surface area contributed by atoms with E-state index in [1.54, 1.807) is 6.08 Å². The lowest BCUT2D eigenvalue weighted by Crippen LogP contribution is -2.07. The van der Waals surface area contributed by atoms with Gasteiger partial charge in [-0.3, -0.25) is 4.79 Å². The second kappa shape index (κ2) is 8.78. The number of rotatable bonds is 6. The van der Waals surface area contributed by atoms with Gasteiger partial charge in [-0.1, -0.05) is 50.2 Å². The third kappa shape index (κ3) is 4.49. The molecule has 0 aliphatic heterocycles. The predicted molar refractivity (Wildman–Crippen MR) is 122 cm³/mol. The summed E-state index contributed by atoms with van der Waals surface area (Å²) in [6, 6.07) is 23.4. The molecule has 4 rings (SSSR count). The summed E-state index contributed by atoms with van der Waals surface area (Å²) in [4.78, 5) is 16.8. The van der Waals surface area contributed by atoms with Crippen molar-refractivity contribution in [2.45, 2.75) is 26.2 Å². The van der Waals surface area contributed by atoms with Crippen molar-refractivity contribution in [3.05, 3.63) is 90.0 Å². The van der Waals surface area contributed by atoms with E-state index in [2.05, 4.69) is 36.3 Å². The van der Waals surface area contributed by atoms with Gasteiger partial charge in [0, 0.05) is 17.3 Å². The molecule has 0 saturated heterocycles. The summed E-state index contributed by atoms with van der Waals surface area (Å²) >= 11 is 0. The second-order valence-electron chi connectivity index (χ2n) is 7.37. The van der Waals surface area contributed by atoms with E-state index < -0.39 is 0 Å². The van der Waals surface area contributed by atoms with E-state index >= 15 is 0 Å². The number of nitrogens with one attached hydrogen (secondary N) is 1. The smallest absolute Gasteiger partial charge is 0.248 e. The monoisotopic (exact) mass is 396 g/mol. The number of fused-ring (bicyclic) bond motifs is 1. The van der Waals surface area contributed by atoms with Crippen LogP contribution in [0.1, 0.15) is 37.3 Å². The molecular weight excluding hydrogens is 372 g/mol. The van der Waals surface area contributed by atoms with Gasteiger partial charge in [0.1, 0.15) is 5.52 Å². The van der Waals surface area contributed by atoms with Crippen molar-refractivity contribution in [2.75, 3.05) is 5.32 Å². The van der Waals surface area contributed by atoms with E-state index in [0.717, 1.165) is 34.3 Å². The number of anilines is 1. The fraction of sp³-hybridized carbons (Fsp3) is 0.154. The molecule has 3 aromatic carbocycles. The Morgan fingerprint density at radius 3 is 2.57 bits per heavy atom. The standard InChI is InChI=1S/C26H24N2O2/c1-3-18(2)21-12-15-24-23(17-21)28-26(30-24)20-10-13-22(14-11-20)27-25(29)16-9-19-7-5-4-6-8-19/h4-18H,3H2,1-2H3,(H,27,29)/b16-9+/t18-/m0/s1. The summed E-state index contributed by atoms with van der Waals surface area (Å²) in [5.74, 6) is 0.896. The highest BCUT2D eigenvalue weighted by molar-refractivity contribution is 6.02. The lowest BCUT2D eigenvalue weighted by atomic mass is 9.98. The van der Waals surface area contributed by atoms with Crippen LogP contribution in [0.4, 0.5) is 5.69 Å². The summed E-state index contributed by atoms with van der Waals surface area (Å²) in [5.41, 5.74) is 5.49. The molecule has 30 heavy (non-hydrogen) atoms. The molecule has 1 aromatic heterocycles. The molecule has 1 N–H and O–H groups in total. The van der Waals surface area contributed by atoms with Gasteiger partial charge in [0.2, 0.25) is 11.8 Å². The Hall–Kier alpha value is -3.66. The van der Waals surface area contributed by atoms with Gasteiger partial charge in [-0.15, -0.1) is 0 Å². The van der Waals surface area contributed by atoms with Crippen LogP contribution < -0.4 is 5.32 Å². The maximum absolute atomic E-state index is 12.1. The average molecular weight is 396 g/mol. The molecule has 0 spiro atoms. The van der Waals surface area contributed by atoms with Crippen LogP contribution in [0.5, 0.6) is 0 Å². The largest absolute Gasteiger partial charge is 0.436 e. The topological polar surface area (TPSA) is 55.1 Å². The van der Waals surface area contributed by atoms with Crippen molar-refractivity contribution in [3.8, 4) is 11.5 Å². The minimum Gasteiger partial charge on any atom is -0.436 e. The highest BCUT2D eigenvalue weighted by Gasteiger charge is 2.11. The van der Waals surface area contributed by atoms with E-state index in [1.807, 2.05) is 60.7 Å². The molecule has 0 saturated carbocycles. The first kappa shape index (κ1) is 19.6. The van der Waals surface area contributed by atoms with Crippen LogP contribution in [0, 0.1) is 0 Å². The van der Waals surface area contributed by atoms with Crippen LogP contribution in [0.25, 0.3) is 28.6 Å². The second-order valence-corrected chi connectivity index (χ2v) is 7.37. The molecule has 1 amide bonds. The number of oxazole rings is 1. The van der Waals surface area contributed by atoms with E-state index in [1.165, 1.54) is 11.6 Å². The average Bonchev–Trinajstić information content (AvgIpc) is 3.22. The number of carbonyl (C=O) groups is 1. The van der Waals surface area contributed by atoms with Gasteiger partial charge >= 0.3 is 0 Å². The number of hydrogen-bond acceptors (Lipinski definition) is 3. The summed E-state index contributed by atoms with van der Waals surface area (Å²) in [7, 11) is 0. The Labute approximate surface area is 176 Å². The molecule has 0 bridgehead atoms. The fourth-order valence-electron chi connectivity index (χ4n) is 3.23. The zero-order valence-corrected chi connectivity index (χ0v) is 17.1. The number of nitrogens with zero attached hydrogens (tertiary/aromatic N) is 1. The van der Waals surface area contributed by atoms with Crippen molar-refractivity contribution in [1.82, 2.24) is 4.98 Å². The fourth-order valence-corrected chi connectivity index (χ4v) is 3.23. The summed E-state index contributed by atoms with van der Waals surface area (Å²) in [6.45, 7) is 4.39. The van der Waals surface area contributed by atoms with E-state index in [9.17, 15) is 4.79 Å². The SMILES string of the molecule is CC[C@H](C)c1ccc2oc(-c3ccc(NC(=O)/C=C/c4ccccc4)cc3)nc2c1. The lowest BCUT2D eigenvalue weighted by Gasteiger charge is -2.07. The van der Waals surface area contributed by atoms with Crippen molar-refractivity contribution < 1.29 is 9.21 Å². The van der Waals surface area contributed by atoms with Crippen LogP contribution in [-0.2, 0) is 4.79 Å². The molecule has 0 aliphatic rings. The third-order valence-electron chi connectivity index (χ3n) is 5.22. The predicted octanol–water partition coefficient (Wildman–Crippen LogP) is 6.66. The van der Waals surface area contributed by atoms with E-state index in [0.29, 0.717) is 11.8 Å². The first-order valence-corrected chi connectivity index (χ1v) is 10.2. The molecule has 4 aromatic rings. The molecule has 150 valence electrons. The Kier molecular flexibility index (Phi) is 5.75. The van der Waals surface area contributed by atoms with Gasteiger partial charge in [-0.25, -0.2) is 4.98 Å².